The molecule has 0 bridgehead atoms. The zero-order valence-corrected chi connectivity index (χ0v) is 19.1. The lowest BCUT2D eigenvalue weighted by Crippen LogP contribution is -2.65. The number of hydrogen-bond acceptors (Lipinski definition) is 12. The number of rotatable bonds is 11. The number of ether oxygens (including phenoxy) is 8. The summed E-state index contributed by atoms with van der Waals surface area (Å²) in [6.45, 7) is -0.673. The normalized spacial score (nSPS) is 38.5. The molecule has 0 aromatic carbocycles. The van der Waals surface area contributed by atoms with E-state index in [1.165, 1.54) is 35.5 Å². The first-order valence-corrected chi connectivity index (χ1v) is 10.9. The first-order chi connectivity index (χ1) is 15.1. The van der Waals surface area contributed by atoms with Crippen molar-refractivity contribution in [2.75, 3.05) is 48.8 Å². The molecule has 2 N–H and O–H groups in total. The van der Waals surface area contributed by atoms with Crippen molar-refractivity contribution < 1.29 is 64.9 Å². The van der Waals surface area contributed by atoms with E-state index in [4.69, 9.17) is 42.4 Å². The standard InChI is InChI=1S/C17H30O14S/c1-23-8-6-28-14(16(18)19)13(10(8)24-2)31-17-15(27-5)12(26-4)11(25-3)9(30-17)7-29-32(20,21)22/h8-15,17H,6-7H2,1-5H3,(H,18,19)(H,20,21,22)/t8?,9?,10?,11-,12?,13+,14?,15?,17-/m0/s1. The van der Waals surface area contributed by atoms with Gasteiger partial charge >= 0.3 is 16.4 Å². The number of hydrogen-bond donors (Lipinski definition) is 2. The van der Waals surface area contributed by atoms with Crippen LogP contribution in [0.25, 0.3) is 0 Å². The zero-order chi connectivity index (χ0) is 24.1. The molecule has 2 fully saturated rings. The van der Waals surface area contributed by atoms with Gasteiger partial charge < -0.3 is 43.0 Å². The lowest BCUT2D eigenvalue weighted by Gasteiger charge is -2.47. The Hall–Kier alpha value is -0.980. The molecule has 0 spiro atoms. The van der Waals surface area contributed by atoms with E-state index in [-0.39, 0.29) is 6.61 Å². The van der Waals surface area contributed by atoms with Crippen LogP contribution in [0.15, 0.2) is 0 Å². The number of carbonyl (C=O) groups is 1. The van der Waals surface area contributed by atoms with Crippen LogP contribution in [0, 0.1) is 0 Å². The first-order valence-electron chi connectivity index (χ1n) is 9.52. The van der Waals surface area contributed by atoms with Gasteiger partial charge in [-0.15, -0.1) is 0 Å². The molecule has 14 nitrogen and oxygen atoms in total. The number of carboxylic acid groups (broad SMARTS) is 1. The summed E-state index contributed by atoms with van der Waals surface area (Å²) in [5.74, 6) is -1.29. The zero-order valence-electron chi connectivity index (χ0n) is 18.3. The van der Waals surface area contributed by atoms with Crippen LogP contribution in [0.3, 0.4) is 0 Å². The van der Waals surface area contributed by atoms with Crippen LogP contribution in [0.1, 0.15) is 0 Å². The van der Waals surface area contributed by atoms with Crippen LogP contribution < -0.4 is 0 Å². The minimum absolute atomic E-state index is 0.0394. The summed E-state index contributed by atoms with van der Waals surface area (Å²) in [5, 5.41) is 9.60. The van der Waals surface area contributed by atoms with Gasteiger partial charge in [-0.05, 0) is 0 Å². The molecule has 2 rings (SSSR count). The lowest BCUT2D eigenvalue weighted by molar-refractivity contribution is -0.342. The van der Waals surface area contributed by atoms with Crippen molar-refractivity contribution in [2.45, 2.75) is 55.1 Å². The molecule has 2 heterocycles. The van der Waals surface area contributed by atoms with E-state index in [9.17, 15) is 18.3 Å². The fourth-order valence-electron chi connectivity index (χ4n) is 3.85. The van der Waals surface area contributed by atoms with Crippen molar-refractivity contribution >= 4 is 16.4 Å². The molecule has 2 aliphatic heterocycles. The number of methoxy groups -OCH3 is 5. The predicted molar refractivity (Wildman–Crippen MR) is 102 cm³/mol. The SMILES string of the molecule is COC1COC(C(=O)O)[C@H](O[C@@H]2OC(COS(=O)(=O)O)[C@H](OC)C(OC)C2OC)C1OC. The van der Waals surface area contributed by atoms with Crippen molar-refractivity contribution in [3.8, 4) is 0 Å². The Morgan fingerprint density at radius 3 is 1.97 bits per heavy atom. The minimum atomic E-state index is -4.77. The highest BCUT2D eigenvalue weighted by Gasteiger charge is 2.52. The van der Waals surface area contributed by atoms with Crippen LogP contribution >= 0.6 is 0 Å². The van der Waals surface area contributed by atoms with Crippen molar-refractivity contribution in [3.05, 3.63) is 0 Å². The first kappa shape index (κ1) is 27.3. The highest BCUT2D eigenvalue weighted by Crippen LogP contribution is 2.32. The third-order valence-corrected chi connectivity index (χ3v) is 5.76. The molecule has 6 unspecified atom stereocenters. The van der Waals surface area contributed by atoms with Crippen molar-refractivity contribution in [1.82, 2.24) is 0 Å². The lowest BCUT2D eigenvalue weighted by atomic mass is 9.96. The summed E-state index contributed by atoms with van der Waals surface area (Å²) in [5.41, 5.74) is 0. The largest absolute Gasteiger partial charge is 0.479 e. The molecule has 2 aliphatic rings. The molecule has 0 aliphatic carbocycles. The molecule has 188 valence electrons. The van der Waals surface area contributed by atoms with Gasteiger partial charge in [0.25, 0.3) is 0 Å². The maximum atomic E-state index is 11.8. The molecular weight excluding hydrogens is 460 g/mol. The molecular formula is C17H30O14S. The Kier molecular flexibility index (Phi) is 10.2. The molecule has 2 saturated heterocycles. The summed E-state index contributed by atoms with van der Waals surface area (Å²) in [6.07, 6.45) is -9.12. The quantitative estimate of drug-likeness (QED) is 0.319. The Bertz CT molecular complexity index is 701. The van der Waals surface area contributed by atoms with Gasteiger partial charge in [0.2, 0.25) is 0 Å². The van der Waals surface area contributed by atoms with E-state index in [0.717, 1.165) is 0 Å². The maximum Gasteiger partial charge on any atom is 0.397 e. The van der Waals surface area contributed by atoms with Gasteiger partial charge in [-0.1, -0.05) is 0 Å². The fourth-order valence-corrected chi connectivity index (χ4v) is 4.16. The van der Waals surface area contributed by atoms with E-state index >= 15 is 0 Å². The van der Waals surface area contributed by atoms with Gasteiger partial charge in [-0.2, -0.15) is 8.42 Å². The molecule has 0 saturated carbocycles. The average molecular weight is 490 g/mol. The number of carboxylic acids is 1. The molecule has 9 atom stereocenters. The van der Waals surface area contributed by atoms with Gasteiger partial charge in [0, 0.05) is 35.5 Å². The Morgan fingerprint density at radius 1 is 0.906 bits per heavy atom. The highest BCUT2D eigenvalue weighted by atomic mass is 32.3. The monoisotopic (exact) mass is 490 g/mol. The second-order valence-electron chi connectivity index (χ2n) is 7.02. The van der Waals surface area contributed by atoms with E-state index in [1.54, 1.807) is 0 Å². The smallest absolute Gasteiger partial charge is 0.397 e. The van der Waals surface area contributed by atoms with Crippen LogP contribution in [0.2, 0.25) is 0 Å². The van der Waals surface area contributed by atoms with Crippen LogP contribution in [0.4, 0.5) is 0 Å². The summed E-state index contributed by atoms with van der Waals surface area (Å²) >= 11 is 0. The van der Waals surface area contributed by atoms with Crippen LogP contribution in [-0.4, -0.2) is 128 Å². The highest BCUT2D eigenvalue weighted by molar-refractivity contribution is 7.80. The van der Waals surface area contributed by atoms with Gasteiger partial charge in [-0.3, -0.25) is 4.55 Å². The predicted octanol–water partition coefficient (Wildman–Crippen LogP) is -1.53. The van der Waals surface area contributed by atoms with Gasteiger partial charge in [0.1, 0.15) is 42.7 Å². The second kappa shape index (κ2) is 11.9. The Balaban J connectivity index is 2.34. The molecule has 0 aromatic rings. The molecule has 32 heavy (non-hydrogen) atoms. The molecule has 0 radical (unpaired) electrons. The van der Waals surface area contributed by atoms with Crippen LogP contribution in [-0.2, 0) is 57.3 Å². The van der Waals surface area contributed by atoms with Crippen molar-refractivity contribution in [1.29, 1.82) is 0 Å². The molecule has 0 amide bonds. The topological polar surface area (TPSA) is 175 Å². The summed E-state index contributed by atoms with van der Waals surface area (Å²) < 4.78 is 79.7. The summed E-state index contributed by atoms with van der Waals surface area (Å²) in [7, 11) is 2.08. The van der Waals surface area contributed by atoms with Gasteiger partial charge in [0.05, 0.1) is 13.2 Å². The molecule has 15 heteroatoms. The van der Waals surface area contributed by atoms with Crippen molar-refractivity contribution in [3.63, 3.8) is 0 Å². The summed E-state index contributed by atoms with van der Waals surface area (Å²) in [6, 6.07) is 0. The maximum absolute atomic E-state index is 11.8. The number of aliphatic carboxylic acids is 1. The fraction of sp³-hybridized carbons (Fsp3) is 0.941. The van der Waals surface area contributed by atoms with Gasteiger partial charge in [0.15, 0.2) is 12.4 Å². The summed E-state index contributed by atoms with van der Waals surface area (Å²) in [4.78, 5) is 11.8. The van der Waals surface area contributed by atoms with Crippen molar-refractivity contribution in [2.24, 2.45) is 0 Å². The van der Waals surface area contributed by atoms with E-state index in [1.807, 2.05) is 0 Å². The van der Waals surface area contributed by atoms with Crippen LogP contribution in [0.5, 0.6) is 0 Å². The second-order valence-corrected chi connectivity index (χ2v) is 8.11. The average Bonchev–Trinajstić information content (AvgIpc) is 2.75. The van der Waals surface area contributed by atoms with E-state index in [0.29, 0.717) is 0 Å². The molecule has 0 aromatic heterocycles. The third-order valence-electron chi connectivity index (χ3n) is 5.33. The Morgan fingerprint density at radius 2 is 1.50 bits per heavy atom. The Labute approximate surface area is 185 Å². The van der Waals surface area contributed by atoms with E-state index in [2.05, 4.69) is 4.18 Å². The minimum Gasteiger partial charge on any atom is -0.479 e. The van der Waals surface area contributed by atoms with E-state index < -0.39 is 78.1 Å². The van der Waals surface area contributed by atoms with Gasteiger partial charge in [-0.25, -0.2) is 8.98 Å². The third kappa shape index (κ3) is 6.32.